The van der Waals surface area contributed by atoms with Gasteiger partial charge in [0.15, 0.2) is 0 Å². The van der Waals surface area contributed by atoms with Crippen LogP contribution in [0.3, 0.4) is 0 Å². The first kappa shape index (κ1) is 12.2. The molecule has 0 bridgehead atoms. The average molecular weight is 250 g/mol. The molecule has 1 unspecified atom stereocenters. The van der Waals surface area contributed by atoms with Crippen molar-refractivity contribution in [2.24, 2.45) is 0 Å². The maximum Gasteiger partial charge on any atom is 0.146 e. The highest BCUT2D eigenvalue weighted by Gasteiger charge is 2.21. The van der Waals surface area contributed by atoms with Crippen LogP contribution in [-0.4, -0.2) is 23.6 Å². The molecule has 1 heterocycles. The summed E-state index contributed by atoms with van der Waals surface area (Å²) in [7, 11) is 0. The van der Waals surface area contributed by atoms with Crippen molar-refractivity contribution in [3.8, 4) is 0 Å². The Morgan fingerprint density at radius 3 is 2.88 bits per heavy atom. The zero-order chi connectivity index (χ0) is 12.1. The molecule has 17 heavy (non-hydrogen) atoms. The Kier molecular flexibility index (Phi) is 4.21. The van der Waals surface area contributed by atoms with Crippen molar-refractivity contribution in [2.45, 2.75) is 18.9 Å². The van der Waals surface area contributed by atoms with E-state index >= 15 is 0 Å². The molecule has 0 saturated carbocycles. The van der Waals surface area contributed by atoms with Crippen LogP contribution in [0.4, 0.5) is 0 Å². The summed E-state index contributed by atoms with van der Waals surface area (Å²) in [5.74, 6) is 0.680. The molecular formula is C14H16ClNO. The SMILES string of the molecule is O=CC1c2ccccc2C=CN1CCCCCl. The number of hydrogen-bond acceptors (Lipinski definition) is 2. The Morgan fingerprint density at radius 2 is 2.12 bits per heavy atom. The molecule has 1 aromatic rings. The number of hydrogen-bond donors (Lipinski definition) is 0. The third kappa shape index (κ3) is 2.70. The minimum absolute atomic E-state index is 0.147. The fourth-order valence-corrected chi connectivity index (χ4v) is 2.32. The van der Waals surface area contributed by atoms with Crippen LogP contribution < -0.4 is 0 Å². The van der Waals surface area contributed by atoms with Crippen molar-refractivity contribution in [1.29, 1.82) is 0 Å². The van der Waals surface area contributed by atoms with Crippen LogP contribution in [0, 0.1) is 0 Å². The van der Waals surface area contributed by atoms with Gasteiger partial charge in [0.05, 0.1) is 0 Å². The zero-order valence-corrected chi connectivity index (χ0v) is 10.4. The molecule has 90 valence electrons. The van der Waals surface area contributed by atoms with Gasteiger partial charge in [-0.05, 0) is 30.0 Å². The van der Waals surface area contributed by atoms with Crippen molar-refractivity contribution in [1.82, 2.24) is 4.90 Å². The lowest BCUT2D eigenvalue weighted by molar-refractivity contribution is -0.111. The summed E-state index contributed by atoms with van der Waals surface area (Å²) in [6.45, 7) is 0.876. The normalized spacial score (nSPS) is 17.9. The number of unbranched alkanes of at least 4 members (excludes halogenated alkanes) is 1. The molecular weight excluding hydrogens is 234 g/mol. The summed E-state index contributed by atoms with van der Waals surface area (Å²) in [6, 6.07) is 7.89. The van der Waals surface area contributed by atoms with Crippen LogP contribution in [0.1, 0.15) is 30.0 Å². The molecule has 1 aliphatic heterocycles. The quantitative estimate of drug-likeness (QED) is 0.454. The molecule has 2 rings (SSSR count). The van der Waals surface area contributed by atoms with Gasteiger partial charge < -0.3 is 9.69 Å². The number of carbonyl (C=O) groups is 1. The first-order valence-corrected chi connectivity index (χ1v) is 6.44. The molecule has 0 fully saturated rings. The molecule has 3 heteroatoms. The topological polar surface area (TPSA) is 20.3 Å². The Bertz CT molecular complexity index is 416. The van der Waals surface area contributed by atoms with E-state index in [1.165, 1.54) is 0 Å². The molecule has 0 aliphatic carbocycles. The van der Waals surface area contributed by atoms with Crippen LogP contribution in [0.2, 0.25) is 0 Å². The Morgan fingerprint density at radius 1 is 1.29 bits per heavy atom. The number of nitrogens with zero attached hydrogens (tertiary/aromatic N) is 1. The van der Waals surface area contributed by atoms with E-state index in [9.17, 15) is 4.79 Å². The first-order valence-electron chi connectivity index (χ1n) is 5.91. The second kappa shape index (κ2) is 5.87. The molecule has 2 nitrogen and oxygen atoms in total. The summed E-state index contributed by atoms with van der Waals surface area (Å²) in [5.41, 5.74) is 2.23. The summed E-state index contributed by atoms with van der Waals surface area (Å²) >= 11 is 5.66. The summed E-state index contributed by atoms with van der Waals surface area (Å²) in [6.07, 6.45) is 7.09. The van der Waals surface area contributed by atoms with Crippen molar-refractivity contribution in [3.63, 3.8) is 0 Å². The van der Waals surface area contributed by atoms with Gasteiger partial charge in [0.1, 0.15) is 12.3 Å². The smallest absolute Gasteiger partial charge is 0.146 e. The molecule has 1 atom stereocenters. The molecule has 0 aromatic heterocycles. The third-order valence-electron chi connectivity index (χ3n) is 3.05. The predicted octanol–water partition coefficient (Wildman–Crippen LogP) is 3.23. The largest absolute Gasteiger partial charge is 0.364 e. The average Bonchev–Trinajstić information content (AvgIpc) is 2.38. The van der Waals surface area contributed by atoms with Crippen molar-refractivity contribution < 1.29 is 4.79 Å². The Balaban J connectivity index is 2.14. The number of rotatable bonds is 5. The van der Waals surface area contributed by atoms with E-state index in [0.29, 0.717) is 5.88 Å². The van der Waals surface area contributed by atoms with Crippen molar-refractivity contribution >= 4 is 24.0 Å². The third-order valence-corrected chi connectivity index (χ3v) is 3.31. The first-order chi connectivity index (χ1) is 8.36. The molecule has 0 amide bonds. The zero-order valence-electron chi connectivity index (χ0n) is 9.68. The van der Waals surface area contributed by atoms with Gasteiger partial charge in [-0.3, -0.25) is 0 Å². The fraction of sp³-hybridized carbons (Fsp3) is 0.357. The van der Waals surface area contributed by atoms with Gasteiger partial charge in [0.25, 0.3) is 0 Å². The highest BCUT2D eigenvalue weighted by Crippen LogP contribution is 2.28. The van der Waals surface area contributed by atoms with Gasteiger partial charge >= 0.3 is 0 Å². The summed E-state index contributed by atoms with van der Waals surface area (Å²) < 4.78 is 0. The Labute approximate surface area is 107 Å². The molecule has 0 spiro atoms. The highest BCUT2D eigenvalue weighted by atomic mass is 35.5. The van der Waals surface area contributed by atoms with Gasteiger partial charge in [0.2, 0.25) is 0 Å². The van der Waals surface area contributed by atoms with Crippen LogP contribution in [0.5, 0.6) is 0 Å². The molecule has 0 saturated heterocycles. The minimum Gasteiger partial charge on any atom is -0.364 e. The van der Waals surface area contributed by atoms with E-state index in [-0.39, 0.29) is 6.04 Å². The van der Waals surface area contributed by atoms with Gasteiger partial charge in [0, 0.05) is 18.6 Å². The lowest BCUT2D eigenvalue weighted by Crippen LogP contribution is -2.28. The van der Waals surface area contributed by atoms with E-state index in [0.717, 1.165) is 36.8 Å². The van der Waals surface area contributed by atoms with Crippen LogP contribution in [-0.2, 0) is 4.79 Å². The van der Waals surface area contributed by atoms with Crippen molar-refractivity contribution in [3.05, 3.63) is 41.6 Å². The number of fused-ring (bicyclic) bond motifs is 1. The molecule has 1 aromatic carbocycles. The number of benzene rings is 1. The molecule has 0 radical (unpaired) electrons. The van der Waals surface area contributed by atoms with E-state index in [4.69, 9.17) is 11.6 Å². The fourth-order valence-electron chi connectivity index (χ4n) is 2.13. The van der Waals surface area contributed by atoms with E-state index in [1.54, 1.807) is 0 Å². The van der Waals surface area contributed by atoms with E-state index in [1.807, 2.05) is 30.5 Å². The second-order valence-electron chi connectivity index (χ2n) is 4.16. The maximum absolute atomic E-state index is 11.3. The van der Waals surface area contributed by atoms with Crippen LogP contribution in [0.25, 0.3) is 6.08 Å². The van der Waals surface area contributed by atoms with E-state index < -0.39 is 0 Å². The number of aldehydes is 1. The lowest BCUT2D eigenvalue weighted by Gasteiger charge is -2.31. The van der Waals surface area contributed by atoms with Gasteiger partial charge in [-0.1, -0.05) is 24.3 Å². The summed E-state index contributed by atoms with van der Waals surface area (Å²) in [5, 5.41) is 0. The van der Waals surface area contributed by atoms with Gasteiger partial charge in [-0.2, -0.15) is 0 Å². The minimum atomic E-state index is -0.147. The Hall–Kier alpha value is -1.28. The molecule has 0 N–H and O–H groups in total. The van der Waals surface area contributed by atoms with Crippen molar-refractivity contribution in [2.75, 3.05) is 12.4 Å². The maximum atomic E-state index is 11.3. The van der Waals surface area contributed by atoms with Gasteiger partial charge in [-0.25, -0.2) is 0 Å². The second-order valence-corrected chi connectivity index (χ2v) is 4.54. The number of alkyl halides is 1. The number of carbonyl (C=O) groups excluding carboxylic acids is 1. The molecule has 1 aliphatic rings. The van der Waals surface area contributed by atoms with Gasteiger partial charge in [-0.15, -0.1) is 11.6 Å². The predicted molar refractivity (Wildman–Crippen MR) is 70.9 cm³/mol. The van der Waals surface area contributed by atoms with E-state index in [2.05, 4.69) is 11.0 Å². The van der Waals surface area contributed by atoms with Crippen LogP contribution in [0.15, 0.2) is 30.5 Å². The summed E-state index contributed by atoms with van der Waals surface area (Å²) in [4.78, 5) is 13.3. The lowest BCUT2D eigenvalue weighted by atomic mass is 9.97. The highest BCUT2D eigenvalue weighted by molar-refractivity contribution is 6.17. The monoisotopic (exact) mass is 249 g/mol. The standard InChI is InChI=1S/C14H16ClNO/c15-8-3-4-9-16-10-7-12-5-1-2-6-13(12)14(16)11-17/h1-2,5-7,10-11,14H,3-4,8-9H2. The number of halogens is 1. The van der Waals surface area contributed by atoms with Crippen LogP contribution >= 0.6 is 11.6 Å².